The molecule has 0 aromatic heterocycles. The van der Waals surface area contributed by atoms with Crippen molar-refractivity contribution in [1.29, 1.82) is 0 Å². The molecule has 1 aromatic carbocycles. The molecule has 5 rings (SSSR count). The molecule has 2 saturated carbocycles. The molecular weight excluding hydrogens is 484 g/mol. The lowest BCUT2D eigenvalue weighted by molar-refractivity contribution is -0.120. The number of rotatable bonds is 9. The molecule has 218 valence electrons. The van der Waals surface area contributed by atoms with Crippen molar-refractivity contribution in [3.8, 4) is 5.75 Å². The van der Waals surface area contributed by atoms with Crippen LogP contribution in [0.15, 0.2) is 35.4 Å². The molecular formula is C35H54O4. The van der Waals surface area contributed by atoms with Gasteiger partial charge in [0.05, 0.1) is 25.9 Å². The molecule has 4 heteroatoms. The van der Waals surface area contributed by atoms with Gasteiger partial charge in [0.1, 0.15) is 11.4 Å². The smallest absolute Gasteiger partial charge is 0.118 e. The Kier molecular flexibility index (Phi) is 8.32. The van der Waals surface area contributed by atoms with Crippen molar-refractivity contribution < 1.29 is 19.7 Å². The quantitative estimate of drug-likeness (QED) is 0.314. The number of aliphatic hydroxyl groups excluding tert-OH is 1. The first-order valence-electron chi connectivity index (χ1n) is 15.9. The minimum Gasteiger partial charge on any atom is -0.497 e. The van der Waals surface area contributed by atoms with Crippen molar-refractivity contribution in [2.75, 3.05) is 7.11 Å². The molecule has 0 unspecified atom stereocenters. The first-order chi connectivity index (χ1) is 18.5. The summed E-state index contributed by atoms with van der Waals surface area (Å²) in [6.45, 7) is 12.4. The van der Waals surface area contributed by atoms with Gasteiger partial charge in [-0.1, -0.05) is 71.6 Å². The Balaban J connectivity index is 1.29. The third-order valence-electron chi connectivity index (χ3n) is 12.0. The molecule has 0 aliphatic heterocycles. The summed E-state index contributed by atoms with van der Waals surface area (Å²) in [5, 5.41) is 24.1. The average molecular weight is 539 g/mol. The van der Waals surface area contributed by atoms with Crippen LogP contribution < -0.4 is 4.74 Å². The zero-order chi connectivity index (χ0) is 28.0. The van der Waals surface area contributed by atoms with Crippen LogP contribution in [-0.2, 0) is 11.3 Å². The molecule has 2 N–H and O–H groups in total. The summed E-state index contributed by atoms with van der Waals surface area (Å²) in [5.74, 6) is 3.11. The zero-order valence-corrected chi connectivity index (χ0v) is 25.5. The maximum atomic E-state index is 12.5. The lowest BCUT2D eigenvalue weighted by atomic mass is 9.49. The number of aliphatic hydroxyl groups is 2. The van der Waals surface area contributed by atoms with E-state index in [0.717, 1.165) is 63.0 Å². The van der Waals surface area contributed by atoms with E-state index in [4.69, 9.17) is 9.47 Å². The van der Waals surface area contributed by atoms with E-state index < -0.39 is 11.7 Å². The van der Waals surface area contributed by atoms with Gasteiger partial charge in [-0.2, -0.15) is 0 Å². The first kappa shape index (κ1) is 29.1. The number of benzene rings is 1. The minimum absolute atomic E-state index is 0.116. The molecule has 0 bridgehead atoms. The van der Waals surface area contributed by atoms with Crippen LogP contribution in [0, 0.1) is 34.5 Å². The van der Waals surface area contributed by atoms with E-state index >= 15 is 0 Å². The van der Waals surface area contributed by atoms with E-state index in [0.29, 0.717) is 24.4 Å². The molecule has 0 radical (unpaired) electrons. The normalized spacial score (nSPS) is 38.8. The van der Waals surface area contributed by atoms with Gasteiger partial charge in [0, 0.05) is 5.41 Å². The lowest BCUT2D eigenvalue weighted by Gasteiger charge is -2.58. The maximum absolute atomic E-state index is 12.5. The van der Waals surface area contributed by atoms with E-state index in [1.807, 2.05) is 12.1 Å². The standard InChI is InChI=1S/C35H54O4/c1-23(2)8-7-9-24(3)31-21-32(36)35(37)30-15-12-26-20-28(39-22-25-10-13-27(38-6)14-11-25)16-18-33(26,4)29(30)17-19-34(31,35)5/h10-11,13-14,23-24,26,28,31-32,36-37H,7-9,12,15-22H2,1-6H3/t24-,26+,28+,31-,32+,33+,34-,35+/m1/s1. The Hall–Kier alpha value is -1.36. The van der Waals surface area contributed by atoms with Crippen molar-refractivity contribution in [3.05, 3.63) is 41.0 Å². The number of methoxy groups -OCH3 is 1. The molecule has 0 amide bonds. The third kappa shape index (κ3) is 5.01. The molecule has 39 heavy (non-hydrogen) atoms. The highest BCUT2D eigenvalue weighted by Crippen LogP contribution is 2.67. The fourth-order valence-electron chi connectivity index (χ4n) is 9.50. The average Bonchev–Trinajstić information content (AvgIpc) is 3.13. The van der Waals surface area contributed by atoms with Crippen LogP contribution in [0.4, 0.5) is 0 Å². The Labute approximate surface area is 237 Å². The Morgan fingerprint density at radius 1 is 0.949 bits per heavy atom. The zero-order valence-electron chi connectivity index (χ0n) is 25.5. The predicted octanol–water partition coefficient (Wildman–Crippen LogP) is 7.85. The van der Waals surface area contributed by atoms with Crippen molar-refractivity contribution in [2.45, 2.75) is 130 Å². The monoisotopic (exact) mass is 538 g/mol. The van der Waals surface area contributed by atoms with Crippen LogP contribution in [0.1, 0.15) is 111 Å². The fraction of sp³-hybridized carbons (Fsp3) is 0.771. The number of fused-ring (bicyclic) bond motifs is 4. The topological polar surface area (TPSA) is 58.9 Å². The van der Waals surface area contributed by atoms with Gasteiger partial charge in [-0.05, 0) is 104 Å². The SMILES string of the molecule is COc1ccc(CO[C@H]2CC[C@]3(C)C4=C(CC[C@H]3C2)[C@]2(O)[C@@H](O)C[C@H]([C@H](C)CCCC(C)C)[C@@]2(C)CC4)cc1. The minimum atomic E-state index is -1.06. The number of allylic oxidation sites excluding steroid dienone is 1. The van der Waals surface area contributed by atoms with Gasteiger partial charge in [-0.3, -0.25) is 0 Å². The maximum Gasteiger partial charge on any atom is 0.118 e. The molecule has 4 aliphatic rings. The molecule has 4 aliphatic carbocycles. The molecule has 8 atom stereocenters. The van der Waals surface area contributed by atoms with Crippen molar-refractivity contribution >= 4 is 0 Å². The highest BCUT2D eigenvalue weighted by molar-refractivity contribution is 5.42. The summed E-state index contributed by atoms with van der Waals surface area (Å²) in [4.78, 5) is 0. The highest BCUT2D eigenvalue weighted by atomic mass is 16.5. The Morgan fingerprint density at radius 3 is 2.38 bits per heavy atom. The van der Waals surface area contributed by atoms with Gasteiger partial charge in [0.25, 0.3) is 0 Å². The van der Waals surface area contributed by atoms with E-state index in [2.05, 4.69) is 46.8 Å². The van der Waals surface area contributed by atoms with Gasteiger partial charge in [-0.25, -0.2) is 0 Å². The van der Waals surface area contributed by atoms with Crippen LogP contribution in [-0.4, -0.2) is 35.1 Å². The summed E-state index contributed by atoms with van der Waals surface area (Å²) in [6, 6.07) is 8.19. The first-order valence-corrected chi connectivity index (χ1v) is 15.9. The van der Waals surface area contributed by atoms with Gasteiger partial charge in [0.15, 0.2) is 0 Å². The van der Waals surface area contributed by atoms with Gasteiger partial charge < -0.3 is 19.7 Å². The molecule has 4 nitrogen and oxygen atoms in total. The summed E-state index contributed by atoms with van der Waals surface area (Å²) in [7, 11) is 1.70. The van der Waals surface area contributed by atoms with Crippen LogP contribution in [0.2, 0.25) is 0 Å². The lowest BCUT2D eigenvalue weighted by Crippen LogP contribution is -2.58. The summed E-state index contributed by atoms with van der Waals surface area (Å²) in [5.41, 5.74) is 2.74. The fourth-order valence-corrected chi connectivity index (χ4v) is 9.50. The van der Waals surface area contributed by atoms with Crippen molar-refractivity contribution in [3.63, 3.8) is 0 Å². The van der Waals surface area contributed by atoms with Gasteiger partial charge in [0.2, 0.25) is 0 Å². The van der Waals surface area contributed by atoms with Gasteiger partial charge in [-0.15, -0.1) is 0 Å². The summed E-state index contributed by atoms with van der Waals surface area (Å²) in [6.07, 6.45) is 11.5. The largest absolute Gasteiger partial charge is 0.497 e. The molecule has 1 aromatic rings. The van der Waals surface area contributed by atoms with Crippen molar-refractivity contribution in [1.82, 2.24) is 0 Å². The van der Waals surface area contributed by atoms with E-state index in [1.54, 1.807) is 7.11 Å². The summed E-state index contributed by atoms with van der Waals surface area (Å²) >= 11 is 0. The van der Waals surface area contributed by atoms with Gasteiger partial charge >= 0.3 is 0 Å². The molecule has 0 spiro atoms. The number of hydrogen-bond donors (Lipinski definition) is 2. The van der Waals surface area contributed by atoms with Crippen LogP contribution in [0.5, 0.6) is 5.75 Å². The Bertz CT molecular complexity index is 1030. The molecule has 0 saturated heterocycles. The second-order valence-electron chi connectivity index (χ2n) is 14.5. The van der Waals surface area contributed by atoms with Crippen molar-refractivity contribution in [2.24, 2.45) is 34.5 Å². The molecule has 0 heterocycles. The highest BCUT2D eigenvalue weighted by Gasteiger charge is 2.67. The second-order valence-corrected chi connectivity index (χ2v) is 14.5. The Morgan fingerprint density at radius 2 is 1.69 bits per heavy atom. The van der Waals surface area contributed by atoms with E-state index in [-0.39, 0.29) is 16.9 Å². The molecule has 2 fully saturated rings. The second kappa shape index (κ2) is 11.1. The van der Waals surface area contributed by atoms with E-state index in [9.17, 15) is 10.2 Å². The number of ether oxygens (including phenoxy) is 2. The number of hydrogen-bond acceptors (Lipinski definition) is 4. The summed E-state index contributed by atoms with van der Waals surface area (Å²) < 4.78 is 11.7. The predicted molar refractivity (Wildman–Crippen MR) is 158 cm³/mol. The van der Waals surface area contributed by atoms with Crippen LogP contribution >= 0.6 is 0 Å². The van der Waals surface area contributed by atoms with Crippen LogP contribution in [0.3, 0.4) is 0 Å². The van der Waals surface area contributed by atoms with Crippen LogP contribution in [0.25, 0.3) is 0 Å². The third-order valence-corrected chi connectivity index (χ3v) is 12.0. The van der Waals surface area contributed by atoms with E-state index in [1.165, 1.54) is 36.0 Å².